The number of halogens is 1. The van der Waals surface area contributed by atoms with E-state index in [4.69, 9.17) is 17.3 Å². The number of anilines is 2. The molecule has 0 unspecified atom stereocenters. The molecule has 2 aromatic rings. The molecule has 0 aliphatic rings. The molecule has 4 nitrogen and oxygen atoms in total. The highest BCUT2D eigenvalue weighted by Gasteiger charge is 2.09. The minimum Gasteiger partial charge on any atom is -0.399 e. The topological polar surface area (TPSA) is 67.2 Å². The van der Waals surface area contributed by atoms with Crippen molar-refractivity contribution in [2.75, 3.05) is 24.6 Å². The molecule has 110 valence electrons. The number of carbonyl (C=O) groups excluding carboxylic acids is 1. The Balaban J connectivity index is 2.03. The van der Waals surface area contributed by atoms with Crippen LogP contribution >= 0.6 is 11.6 Å². The molecule has 21 heavy (non-hydrogen) atoms. The zero-order valence-electron chi connectivity index (χ0n) is 11.8. The van der Waals surface area contributed by atoms with Crippen molar-refractivity contribution in [1.29, 1.82) is 0 Å². The van der Waals surface area contributed by atoms with Gasteiger partial charge in [0.05, 0.1) is 5.56 Å². The Morgan fingerprint density at radius 1 is 1.19 bits per heavy atom. The average molecular weight is 304 g/mol. The second-order valence-corrected chi connectivity index (χ2v) is 5.12. The van der Waals surface area contributed by atoms with Crippen LogP contribution < -0.4 is 16.4 Å². The van der Waals surface area contributed by atoms with E-state index in [-0.39, 0.29) is 5.91 Å². The summed E-state index contributed by atoms with van der Waals surface area (Å²) >= 11 is 5.86. The SMILES string of the molecule is CNC(=O)c1ccc(N)cc1NCCc1ccc(Cl)cc1. The number of amides is 1. The highest BCUT2D eigenvalue weighted by Crippen LogP contribution is 2.19. The molecule has 0 aliphatic carbocycles. The number of hydrogen-bond donors (Lipinski definition) is 3. The lowest BCUT2D eigenvalue weighted by molar-refractivity contribution is 0.0964. The molecule has 0 fully saturated rings. The number of rotatable bonds is 5. The van der Waals surface area contributed by atoms with Gasteiger partial charge in [0.25, 0.3) is 5.91 Å². The van der Waals surface area contributed by atoms with Gasteiger partial charge in [0, 0.05) is 30.0 Å². The molecule has 0 saturated heterocycles. The summed E-state index contributed by atoms with van der Waals surface area (Å²) in [6.07, 6.45) is 0.832. The fraction of sp³-hybridized carbons (Fsp3) is 0.188. The van der Waals surface area contributed by atoms with E-state index in [0.717, 1.165) is 17.1 Å². The van der Waals surface area contributed by atoms with Crippen LogP contribution in [0, 0.1) is 0 Å². The normalized spacial score (nSPS) is 10.2. The third-order valence-electron chi connectivity index (χ3n) is 3.16. The molecule has 2 aromatic carbocycles. The van der Waals surface area contributed by atoms with Crippen LogP contribution in [0.15, 0.2) is 42.5 Å². The molecule has 0 heterocycles. The van der Waals surface area contributed by atoms with Crippen LogP contribution in [0.1, 0.15) is 15.9 Å². The maximum Gasteiger partial charge on any atom is 0.253 e. The quantitative estimate of drug-likeness (QED) is 0.744. The van der Waals surface area contributed by atoms with Crippen LogP contribution in [0.25, 0.3) is 0 Å². The van der Waals surface area contributed by atoms with E-state index in [1.54, 1.807) is 25.2 Å². The second kappa shape index (κ2) is 6.99. The van der Waals surface area contributed by atoms with E-state index in [1.165, 1.54) is 5.56 Å². The van der Waals surface area contributed by atoms with Gasteiger partial charge in [-0.15, -0.1) is 0 Å². The second-order valence-electron chi connectivity index (χ2n) is 4.69. The minimum atomic E-state index is -0.135. The van der Waals surface area contributed by atoms with Crippen LogP contribution in [0.2, 0.25) is 5.02 Å². The lowest BCUT2D eigenvalue weighted by Crippen LogP contribution is -2.20. The first-order chi connectivity index (χ1) is 10.1. The van der Waals surface area contributed by atoms with Gasteiger partial charge in [-0.1, -0.05) is 23.7 Å². The Bertz CT molecular complexity index is 626. The van der Waals surface area contributed by atoms with Gasteiger partial charge in [-0.2, -0.15) is 0 Å². The Morgan fingerprint density at radius 2 is 1.90 bits per heavy atom. The number of nitrogens with one attached hydrogen (secondary N) is 2. The lowest BCUT2D eigenvalue weighted by atomic mass is 10.1. The van der Waals surface area contributed by atoms with Crippen LogP contribution in [0.5, 0.6) is 0 Å². The van der Waals surface area contributed by atoms with Gasteiger partial charge in [-0.25, -0.2) is 0 Å². The van der Waals surface area contributed by atoms with Crippen molar-refractivity contribution in [3.05, 3.63) is 58.6 Å². The zero-order chi connectivity index (χ0) is 15.2. The average Bonchev–Trinajstić information content (AvgIpc) is 2.49. The minimum absolute atomic E-state index is 0.135. The molecule has 0 aromatic heterocycles. The molecule has 0 atom stereocenters. The summed E-state index contributed by atoms with van der Waals surface area (Å²) in [5.74, 6) is -0.135. The fourth-order valence-corrected chi connectivity index (χ4v) is 2.16. The number of nitrogen functional groups attached to an aromatic ring is 1. The zero-order valence-corrected chi connectivity index (χ0v) is 12.6. The van der Waals surface area contributed by atoms with Crippen LogP contribution in [0.4, 0.5) is 11.4 Å². The summed E-state index contributed by atoms with van der Waals surface area (Å²) in [6.45, 7) is 0.703. The lowest BCUT2D eigenvalue weighted by Gasteiger charge is -2.12. The largest absolute Gasteiger partial charge is 0.399 e. The van der Waals surface area contributed by atoms with Gasteiger partial charge in [-0.3, -0.25) is 4.79 Å². The molecule has 0 radical (unpaired) electrons. The Morgan fingerprint density at radius 3 is 2.57 bits per heavy atom. The predicted octanol–water partition coefficient (Wildman–Crippen LogP) is 2.94. The van der Waals surface area contributed by atoms with E-state index >= 15 is 0 Å². The summed E-state index contributed by atoms with van der Waals surface area (Å²) in [4.78, 5) is 11.8. The molecule has 0 saturated carbocycles. The highest BCUT2D eigenvalue weighted by atomic mass is 35.5. The molecular formula is C16H18ClN3O. The van der Waals surface area contributed by atoms with Crippen molar-refractivity contribution >= 4 is 28.9 Å². The first kappa shape index (κ1) is 15.2. The highest BCUT2D eigenvalue weighted by molar-refractivity contribution is 6.30. The molecule has 0 spiro atoms. The van der Waals surface area contributed by atoms with Gasteiger partial charge in [0.15, 0.2) is 0 Å². The number of nitrogens with two attached hydrogens (primary N) is 1. The van der Waals surface area contributed by atoms with Crippen molar-refractivity contribution < 1.29 is 4.79 Å². The monoisotopic (exact) mass is 303 g/mol. The van der Waals surface area contributed by atoms with Gasteiger partial charge < -0.3 is 16.4 Å². The third kappa shape index (κ3) is 4.13. The number of carbonyl (C=O) groups is 1. The van der Waals surface area contributed by atoms with Crippen molar-refractivity contribution in [3.63, 3.8) is 0 Å². The standard InChI is InChI=1S/C16H18ClN3O/c1-19-16(21)14-7-6-13(18)10-15(14)20-9-8-11-2-4-12(17)5-3-11/h2-7,10,20H,8-9,18H2,1H3,(H,19,21). The van der Waals surface area contributed by atoms with Crippen molar-refractivity contribution in [2.45, 2.75) is 6.42 Å². The molecule has 5 heteroatoms. The van der Waals surface area contributed by atoms with E-state index in [0.29, 0.717) is 17.8 Å². The Labute approximate surface area is 129 Å². The van der Waals surface area contributed by atoms with E-state index < -0.39 is 0 Å². The first-order valence-corrected chi connectivity index (χ1v) is 7.08. The fourth-order valence-electron chi connectivity index (χ4n) is 2.03. The summed E-state index contributed by atoms with van der Waals surface area (Å²) in [5, 5.41) is 6.61. The summed E-state index contributed by atoms with van der Waals surface area (Å²) in [6, 6.07) is 12.9. The van der Waals surface area contributed by atoms with Crippen molar-refractivity contribution in [3.8, 4) is 0 Å². The smallest absolute Gasteiger partial charge is 0.253 e. The maximum atomic E-state index is 11.8. The van der Waals surface area contributed by atoms with Crippen molar-refractivity contribution in [2.24, 2.45) is 0 Å². The molecular weight excluding hydrogens is 286 g/mol. The molecule has 0 bridgehead atoms. The number of hydrogen-bond acceptors (Lipinski definition) is 3. The Hall–Kier alpha value is -2.20. The van der Waals surface area contributed by atoms with Gasteiger partial charge >= 0.3 is 0 Å². The van der Waals surface area contributed by atoms with Gasteiger partial charge in [-0.05, 0) is 42.3 Å². The van der Waals surface area contributed by atoms with Crippen LogP contribution in [-0.2, 0) is 6.42 Å². The van der Waals surface area contributed by atoms with E-state index in [2.05, 4.69) is 10.6 Å². The first-order valence-electron chi connectivity index (χ1n) is 6.70. The van der Waals surface area contributed by atoms with Gasteiger partial charge in [0.2, 0.25) is 0 Å². The summed E-state index contributed by atoms with van der Waals surface area (Å²) < 4.78 is 0. The van der Waals surface area contributed by atoms with Crippen LogP contribution in [-0.4, -0.2) is 19.5 Å². The molecule has 2 rings (SSSR count). The van der Waals surface area contributed by atoms with E-state index in [1.807, 2.05) is 24.3 Å². The number of benzene rings is 2. The van der Waals surface area contributed by atoms with Crippen molar-refractivity contribution in [1.82, 2.24) is 5.32 Å². The van der Waals surface area contributed by atoms with E-state index in [9.17, 15) is 4.79 Å². The summed E-state index contributed by atoms with van der Waals surface area (Å²) in [7, 11) is 1.61. The molecule has 1 amide bonds. The maximum absolute atomic E-state index is 11.8. The Kier molecular flexibility index (Phi) is 5.06. The third-order valence-corrected chi connectivity index (χ3v) is 3.41. The van der Waals surface area contributed by atoms with Crippen LogP contribution in [0.3, 0.4) is 0 Å². The van der Waals surface area contributed by atoms with Gasteiger partial charge in [0.1, 0.15) is 0 Å². The summed E-state index contributed by atoms with van der Waals surface area (Å²) in [5.41, 5.74) is 8.91. The molecule has 0 aliphatic heterocycles. The predicted molar refractivity (Wildman–Crippen MR) is 87.9 cm³/mol. The molecule has 4 N–H and O–H groups in total.